The van der Waals surface area contributed by atoms with Gasteiger partial charge in [0, 0.05) is 45.8 Å². The summed E-state index contributed by atoms with van der Waals surface area (Å²) in [6.45, 7) is 7.67. The maximum Gasteiger partial charge on any atom is 0.303 e. The molecule has 1 saturated heterocycles. The molecule has 2 aliphatic rings. The molecule has 0 amide bonds. The lowest BCUT2D eigenvalue weighted by molar-refractivity contribution is -0.138. The molecular formula is C14H27N3O2. The minimum absolute atomic E-state index is 0.109. The number of nitrogens with zero attached hydrogens (tertiary/aromatic N) is 3. The van der Waals surface area contributed by atoms with Crippen LogP contribution in [0.25, 0.3) is 0 Å². The van der Waals surface area contributed by atoms with Gasteiger partial charge in [0.25, 0.3) is 0 Å². The molecule has 0 bridgehead atoms. The predicted molar refractivity (Wildman–Crippen MR) is 75.4 cm³/mol. The fourth-order valence-electron chi connectivity index (χ4n) is 2.88. The summed E-state index contributed by atoms with van der Waals surface area (Å²) in [4.78, 5) is 18.1. The van der Waals surface area contributed by atoms with Crippen molar-refractivity contribution in [2.24, 2.45) is 5.41 Å². The molecule has 0 spiro atoms. The highest BCUT2D eigenvalue weighted by Gasteiger charge is 2.45. The molecular weight excluding hydrogens is 242 g/mol. The van der Waals surface area contributed by atoms with Crippen molar-refractivity contribution in [2.45, 2.75) is 19.3 Å². The summed E-state index contributed by atoms with van der Waals surface area (Å²) in [5.74, 6) is -0.637. The third-order valence-electron chi connectivity index (χ3n) is 4.37. The summed E-state index contributed by atoms with van der Waals surface area (Å²) < 4.78 is 0. The van der Waals surface area contributed by atoms with Crippen LogP contribution in [0.1, 0.15) is 19.3 Å². The Kier molecular flexibility index (Phi) is 4.81. The normalized spacial score (nSPS) is 23.7. The summed E-state index contributed by atoms with van der Waals surface area (Å²) in [7, 11) is 4.22. The Labute approximate surface area is 116 Å². The van der Waals surface area contributed by atoms with Gasteiger partial charge < -0.3 is 14.9 Å². The van der Waals surface area contributed by atoms with Crippen LogP contribution in [0.2, 0.25) is 0 Å². The second-order valence-corrected chi connectivity index (χ2v) is 6.49. The highest BCUT2D eigenvalue weighted by atomic mass is 16.4. The number of aliphatic carboxylic acids is 1. The average molecular weight is 269 g/mol. The first-order valence-corrected chi connectivity index (χ1v) is 7.30. The molecule has 19 heavy (non-hydrogen) atoms. The fraction of sp³-hybridized carbons (Fsp3) is 0.929. The SMILES string of the molecule is CN(C)CCN1CCN(CC2(CC(=O)O)CC2)CC1. The number of carboxylic acids is 1. The third-order valence-corrected chi connectivity index (χ3v) is 4.37. The first-order chi connectivity index (χ1) is 8.99. The van der Waals surface area contributed by atoms with Crippen LogP contribution < -0.4 is 0 Å². The van der Waals surface area contributed by atoms with E-state index in [1.165, 1.54) is 0 Å². The highest BCUT2D eigenvalue weighted by molar-refractivity contribution is 5.68. The molecule has 1 aliphatic heterocycles. The van der Waals surface area contributed by atoms with Crippen molar-refractivity contribution in [2.75, 3.05) is 59.9 Å². The second-order valence-electron chi connectivity index (χ2n) is 6.49. The van der Waals surface area contributed by atoms with Gasteiger partial charge in [-0.2, -0.15) is 0 Å². The van der Waals surface area contributed by atoms with Crippen molar-refractivity contribution in [1.29, 1.82) is 0 Å². The Morgan fingerprint density at radius 2 is 1.74 bits per heavy atom. The summed E-state index contributed by atoms with van der Waals surface area (Å²) in [5, 5.41) is 8.95. The molecule has 1 aliphatic carbocycles. The third kappa shape index (κ3) is 4.75. The van der Waals surface area contributed by atoms with E-state index >= 15 is 0 Å². The number of likely N-dealkylation sites (N-methyl/N-ethyl adjacent to an activating group) is 1. The molecule has 0 aromatic heterocycles. The van der Waals surface area contributed by atoms with Crippen LogP contribution >= 0.6 is 0 Å². The second kappa shape index (κ2) is 6.20. The average Bonchev–Trinajstić information content (AvgIpc) is 3.06. The van der Waals surface area contributed by atoms with E-state index in [1.54, 1.807) is 0 Å². The van der Waals surface area contributed by atoms with E-state index in [4.69, 9.17) is 5.11 Å². The molecule has 1 heterocycles. The van der Waals surface area contributed by atoms with Gasteiger partial charge in [-0.1, -0.05) is 0 Å². The zero-order chi connectivity index (χ0) is 13.9. The highest BCUT2D eigenvalue weighted by Crippen LogP contribution is 2.49. The summed E-state index contributed by atoms with van der Waals surface area (Å²) in [6.07, 6.45) is 2.55. The van der Waals surface area contributed by atoms with Crippen LogP contribution in [0.4, 0.5) is 0 Å². The lowest BCUT2D eigenvalue weighted by Crippen LogP contribution is -2.49. The molecule has 0 atom stereocenters. The Hall–Kier alpha value is -0.650. The van der Waals surface area contributed by atoms with Gasteiger partial charge in [-0.25, -0.2) is 0 Å². The van der Waals surface area contributed by atoms with Crippen molar-refractivity contribution < 1.29 is 9.90 Å². The summed E-state index contributed by atoms with van der Waals surface area (Å²) >= 11 is 0. The van der Waals surface area contributed by atoms with E-state index in [0.29, 0.717) is 6.42 Å². The number of piperazine rings is 1. The minimum Gasteiger partial charge on any atom is -0.481 e. The first-order valence-electron chi connectivity index (χ1n) is 7.30. The molecule has 0 aromatic rings. The number of rotatable bonds is 7. The van der Waals surface area contributed by atoms with E-state index < -0.39 is 5.97 Å². The van der Waals surface area contributed by atoms with Crippen molar-refractivity contribution in [3.8, 4) is 0 Å². The van der Waals surface area contributed by atoms with Crippen molar-refractivity contribution in [1.82, 2.24) is 14.7 Å². The van der Waals surface area contributed by atoms with Gasteiger partial charge in [-0.3, -0.25) is 9.69 Å². The van der Waals surface area contributed by atoms with Crippen molar-refractivity contribution in [3.05, 3.63) is 0 Å². The maximum atomic E-state index is 10.9. The topological polar surface area (TPSA) is 47.0 Å². The zero-order valence-electron chi connectivity index (χ0n) is 12.3. The Bertz CT molecular complexity index is 308. The molecule has 110 valence electrons. The minimum atomic E-state index is -0.637. The number of carboxylic acid groups (broad SMARTS) is 1. The van der Waals surface area contributed by atoms with Gasteiger partial charge in [0.05, 0.1) is 6.42 Å². The molecule has 0 aromatic carbocycles. The van der Waals surface area contributed by atoms with Gasteiger partial charge in [-0.05, 0) is 32.4 Å². The van der Waals surface area contributed by atoms with Crippen LogP contribution in [-0.4, -0.2) is 85.7 Å². The fourth-order valence-corrected chi connectivity index (χ4v) is 2.88. The van der Waals surface area contributed by atoms with Crippen LogP contribution in [-0.2, 0) is 4.79 Å². The molecule has 1 N–H and O–H groups in total. The van der Waals surface area contributed by atoms with E-state index in [-0.39, 0.29) is 5.41 Å². The quantitative estimate of drug-likeness (QED) is 0.726. The monoisotopic (exact) mass is 269 g/mol. The van der Waals surface area contributed by atoms with Crippen molar-refractivity contribution >= 4 is 5.97 Å². The molecule has 0 unspecified atom stereocenters. The predicted octanol–water partition coefficient (Wildman–Crippen LogP) is 0.421. The maximum absolute atomic E-state index is 10.9. The van der Waals surface area contributed by atoms with E-state index in [2.05, 4.69) is 28.8 Å². The molecule has 5 nitrogen and oxygen atoms in total. The smallest absolute Gasteiger partial charge is 0.303 e. The van der Waals surface area contributed by atoms with E-state index in [9.17, 15) is 4.79 Å². The van der Waals surface area contributed by atoms with Crippen LogP contribution in [0, 0.1) is 5.41 Å². The molecule has 0 radical (unpaired) electrons. The van der Waals surface area contributed by atoms with E-state index in [0.717, 1.165) is 58.7 Å². The van der Waals surface area contributed by atoms with Crippen LogP contribution in [0.5, 0.6) is 0 Å². The van der Waals surface area contributed by atoms with Crippen LogP contribution in [0.3, 0.4) is 0 Å². The Morgan fingerprint density at radius 3 is 2.21 bits per heavy atom. The number of carbonyl (C=O) groups is 1. The van der Waals surface area contributed by atoms with E-state index in [1.807, 2.05) is 0 Å². The van der Waals surface area contributed by atoms with Gasteiger partial charge in [0.1, 0.15) is 0 Å². The Balaban J connectivity index is 1.67. The zero-order valence-corrected chi connectivity index (χ0v) is 12.3. The van der Waals surface area contributed by atoms with Crippen molar-refractivity contribution in [3.63, 3.8) is 0 Å². The lowest BCUT2D eigenvalue weighted by atomic mass is 10.0. The molecule has 2 fully saturated rings. The van der Waals surface area contributed by atoms with Gasteiger partial charge in [0.2, 0.25) is 0 Å². The first kappa shape index (κ1) is 14.8. The molecule has 2 rings (SSSR count). The van der Waals surface area contributed by atoms with Gasteiger partial charge in [0.15, 0.2) is 0 Å². The number of hydrogen-bond donors (Lipinski definition) is 1. The molecule has 5 heteroatoms. The standard InChI is InChI=1S/C14H27N3O2/c1-15(2)5-6-16-7-9-17(10-8-16)12-14(3-4-14)11-13(18)19/h3-12H2,1-2H3,(H,18,19). The van der Waals surface area contributed by atoms with Crippen LogP contribution in [0.15, 0.2) is 0 Å². The lowest BCUT2D eigenvalue weighted by Gasteiger charge is -2.36. The van der Waals surface area contributed by atoms with Gasteiger partial charge in [-0.15, -0.1) is 0 Å². The number of hydrogen-bond acceptors (Lipinski definition) is 4. The molecule has 1 saturated carbocycles. The summed E-state index contributed by atoms with van der Waals surface area (Å²) in [6, 6.07) is 0. The summed E-state index contributed by atoms with van der Waals surface area (Å²) in [5.41, 5.74) is 0.109. The Morgan fingerprint density at radius 1 is 1.16 bits per heavy atom. The van der Waals surface area contributed by atoms with Gasteiger partial charge >= 0.3 is 5.97 Å². The largest absolute Gasteiger partial charge is 0.481 e.